The van der Waals surface area contributed by atoms with E-state index in [0.717, 1.165) is 37.3 Å². The highest BCUT2D eigenvalue weighted by Crippen LogP contribution is 2.08. The first-order valence-electron chi connectivity index (χ1n) is 3.93. The summed E-state index contributed by atoms with van der Waals surface area (Å²) in [5.41, 5.74) is 6.36. The molecule has 11 heavy (non-hydrogen) atoms. The first-order valence-corrected chi connectivity index (χ1v) is 3.93. The molecule has 0 bridgehead atoms. The third kappa shape index (κ3) is 2.35. The first-order chi connectivity index (χ1) is 5.34. The van der Waals surface area contributed by atoms with Gasteiger partial charge in [-0.3, -0.25) is 0 Å². The zero-order valence-electron chi connectivity index (χ0n) is 6.84. The van der Waals surface area contributed by atoms with E-state index in [0.29, 0.717) is 0 Å². The topological polar surface area (TPSA) is 52.0 Å². The summed E-state index contributed by atoms with van der Waals surface area (Å²) in [6.07, 6.45) is 4.60. The van der Waals surface area contributed by atoms with Crippen molar-refractivity contribution in [2.75, 3.05) is 6.54 Å². The second kappa shape index (κ2) is 4.13. The van der Waals surface area contributed by atoms with Crippen molar-refractivity contribution in [2.45, 2.75) is 26.2 Å². The third-order valence-electron chi connectivity index (χ3n) is 1.70. The predicted molar refractivity (Wildman–Crippen MR) is 43.2 cm³/mol. The van der Waals surface area contributed by atoms with Crippen LogP contribution in [-0.2, 0) is 6.42 Å². The average molecular weight is 154 g/mol. The zero-order chi connectivity index (χ0) is 8.10. The normalized spacial score (nSPS) is 10.4. The van der Waals surface area contributed by atoms with Crippen molar-refractivity contribution in [3.05, 3.63) is 17.8 Å². The fraction of sp³-hybridized carbons (Fsp3) is 0.625. The van der Waals surface area contributed by atoms with Crippen LogP contribution in [0.15, 0.2) is 10.8 Å². The molecule has 0 aliphatic carbocycles. The van der Waals surface area contributed by atoms with Gasteiger partial charge in [-0.25, -0.2) is 4.98 Å². The van der Waals surface area contributed by atoms with E-state index in [2.05, 4.69) is 4.98 Å². The van der Waals surface area contributed by atoms with Gasteiger partial charge in [0.25, 0.3) is 0 Å². The van der Waals surface area contributed by atoms with Gasteiger partial charge in [-0.15, -0.1) is 0 Å². The molecule has 1 heterocycles. The van der Waals surface area contributed by atoms with E-state index in [4.69, 9.17) is 10.2 Å². The minimum atomic E-state index is 0.757. The molecule has 62 valence electrons. The van der Waals surface area contributed by atoms with Gasteiger partial charge >= 0.3 is 0 Å². The Morgan fingerprint density at radius 2 is 2.36 bits per heavy atom. The number of hydrogen-bond donors (Lipinski definition) is 1. The number of nitrogens with zero attached hydrogens (tertiary/aromatic N) is 1. The first kappa shape index (κ1) is 8.27. The van der Waals surface area contributed by atoms with Crippen LogP contribution in [0.3, 0.4) is 0 Å². The Balaban J connectivity index is 2.32. The van der Waals surface area contributed by atoms with Gasteiger partial charge in [0.15, 0.2) is 6.39 Å². The summed E-state index contributed by atoms with van der Waals surface area (Å²) in [6.45, 7) is 2.72. The molecule has 2 N–H and O–H groups in total. The second-order valence-electron chi connectivity index (χ2n) is 2.61. The molecule has 3 heteroatoms. The summed E-state index contributed by atoms with van der Waals surface area (Å²) < 4.78 is 5.16. The number of aryl methyl sites for hydroxylation is 2. The lowest BCUT2D eigenvalue weighted by Gasteiger charge is -1.95. The molecule has 3 nitrogen and oxygen atoms in total. The Morgan fingerprint density at radius 1 is 1.55 bits per heavy atom. The molecular weight excluding hydrogens is 140 g/mol. The summed E-state index contributed by atoms with van der Waals surface area (Å²) in [6, 6.07) is 0. The molecule has 1 aromatic heterocycles. The van der Waals surface area contributed by atoms with Gasteiger partial charge in [-0.1, -0.05) is 0 Å². The number of rotatable bonds is 4. The highest BCUT2D eigenvalue weighted by molar-refractivity contribution is 5.03. The maximum absolute atomic E-state index is 5.36. The van der Waals surface area contributed by atoms with Crippen LogP contribution in [-0.4, -0.2) is 11.5 Å². The molecule has 0 aromatic carbocycles. The van der Waals surface area contributed by atoms with Gasteiger partial charge in [0.1, 0.15) is 5.76 Å². The predicted octanol–water partition coefficient (Wildman–Crippen LogP) is 1.26. The number of aromatic nitrogens is 1. The maximum Gasteiger partial charge on any atom is 0.181 e. The lowest BCUT2D eigenvalue weighted by Crippen LogP contribution is -1.99. The van der Waals surface area contributed by atoms with Crippen molar-refractivity contribution in [1.29, 1.82) is 0 Å². The molecule has 0 aliphatic heterocycles. The molecular formula is C8H14N2O. The Morgan fingerprint density at radius 3 is 2.91 bits per heavy atom. The SMILES string of the molecule is Cc1ncoc1CCCCN. The van der Waals surface area contributed by atoms with Gasteiger partial charge in [0.05, 0.1) is 5.69 Å². The molecule has 0 aliphatic rings. The Labute approximate surface area is 66.6 Å². The quantitative estimate of drug-likeness (QED) is 0.664. The van der Waals surface area contributed by atoms with E-state index in [9.17, 15) is 0 Å². The lowest BCUT2D eigenvalue weighted by molar-refractivity contribution is 0.492. The Bertz CT molecular complexity index is 208. The molecule has 0 amide bonds. The summed E-state index contributed by atoms with van der Waals surface area (Å²) in [5.74, 6) is 0.999. The second-order valence-corrected chi connectivity index (χ2v) is 2.61. The molecule has 1 rings (SSSR count). The minimum Gasteiger partial charge on any atom is -0.448 e. The lowest BCUT2D eigenvalue weighted by atomic mass is 10.2. The van der Waals surface area contributed by atoms with Crippen LogP contribution < -0.4 is 5.73 Å². The van der Waals surface area contributed by atoms with Crippen LogP contribution in [0.5, 0.6) is 0 Å². The fourth-order valence-electron chi connectivity index (χ4n) is 0.996. The number of unbranched alkanes of at least 4 members (excludes halogenated alkanes) is 1. The van der Waals surface area contributed by atoms with E-state index in [-0.39, 0.29) is 0 Å². The van der Waals surface area contributed by atoms with Crippen molar-refractivity contribution < 1.29 is 4.42 Å². The highest BCUT2D eigenvalue weighted by Gasteiger charge is 2.01. The summed E-state index contributed by atoms with van der Waals surface area (Å²) in [5, 5.41) is 0. The number of oxazole rings is 1. The monoisotopic (exact) mass is 154 g/mol. The van der Waals surface area contributed by atoms with E-state index < -0.39 is 0 Å². The van der Waals surface area contributed by atoms with Crippen molar-refractivity contribution >= 4 is 0 Å². The van der Waals surface area contributed by atoms with Crippen molar-refractivity contribution in [1.82, 2.24) is 4.98 Å². The minimum absolute atomic E-state index is 0.757. The molecule has 0 saturated heterocycles. The highest BCUT2D eigenvalue weighted by atomic mass is 16.3. The summed E-state index contributed by atoms with van der Waals surface area (Å²) in [7, 11) is 0. The zero-order valence-corrected chi connectivity index (χ0v) is 6.84. The van der Waals surface area contributed by atoms with Crippen molar-refractivity contribution in [2.24, 2.45) is 5.73 Å². The third-order valence-corrected chi connectivity index (χ3v) is 1.70. The maximum atomic E-state index is 5.36. The van der Waals surface area contributed by atoms with Crippen LogP contribution in [0.1, 0.15) is 24.3 Å². The van der Waals surface area contributed by atoms with Crippen LogP contribution in [0, 0.1) is 6.92 Å². The molecule has 0 radical (unpaired) electrons. The smallest absolute Gasteiger partial charge is 0.181 e. The van der Waals surface area contributed by atoms with Gasteiger partial charge in [0.2, 0.25) is 0 Å². The van der Waals surface area contributed by atoms with E-state index in [1.165, 1.54) is 6.39 Å². The molecule has 0 spiro atoms. The Kier molecular flexibility index (Phi) is 3.11. The van der Waals surface area contributed by atoms with E-state index >= 15 is 0 Å². The number of hydrogen-bond acceptors (Lipinski definition) is 3. The van der Waals surface area contributed by atoms with Crippen molar-refractivity contribution in [3.63, 3.8) is 0 Å². The average Bonchev–Trinajstić information content (AvgIpc) is 2.37. The molecule has 0 fully saturated rings. The standard InChI is InChI=1S/C8H14N2O/c1-7-8(11-6-10-7)4-2-3-5-9/h6H,2-5,9H2,1H3. The molecule has 1 aromatic rings. The van der Waals surface area contributed by atoms with Gasteiger partial charge in [0, 0.05) is 6.42 Å². The molecule has 0 unspecified atom stereocenters. The van der Waals surface area contributed by atoms with Gasteiger partial charge in [-0.05, 0) is 26.3 Å². The summed E-state index contributed by atoms with van der Waals surface area (Å²) in [4.78, 5) is 4.00. The molecule has 0 saturated carbocycles. The fourth-order valence-corrected chi connectivity index (χ4v) is 0.996. The van der Waals surface area contributed by atoms with Crippen molar-refractivity contribution in [3.8, 4) is 0 Å². The van der Waals surface area contributed by atoms with Gasteiger partial charge in [-0.2, -0.15) is 0 Å². The van der Waals surface area contributed by atoms with Crippen LogP contribution >= 0.6 is 0 Å². The van der Waals surface area contributed by atoms with Crippen LogP contribution in [0.25, 0.3) is 0 Å². The van der Waals surface area contributed by atoms with E-state index in [1.54, 1.807) is 0 Å². The number of nitrogens with two attached hydrogens (primary N) is 1. The van der Waals surface area contributed by atoms with Gasteiger partial charge < -0.3 is 10.2 Å². The molecule has 0 atom stereocenters. The summed E-state index contributed by atoms with van der Waals surface area (Å²) >= 11 is 0. The van der Waals surface area contributed by atoms with Crippen LogP contribution in [0.2, 0.25) is 0 Å². The van der Waals surface area contributed by atoms with E-state index in [1.807, 2.05) is 6.92 Å². The Hall–Kier alpha value is -0.830. The largest absolute Gasteiger partial charge is 0.448 e. The van der Waals surface area contributed by atoms with Crippen LogP contribution in [0.4, 0.5) is 0 Å².